The molecule has 9 nitrogen and oxygen atoms in total. The first kappa shape index (κ1) is 17.2. The first-order valence-electron chi connectivity index (χ1n) is 8.43. The third kappa shape index (κ3) is 3.82. The zero-order chi connectivity index (χ0) is 18.6. The maximum Gasteiger partial charge on any atom is 0.322 e. The third-order valence-electron chi connectivity index (χ3n) is 4.30. The van der Waals surface area contributed by atoms with Gasteiger partial charge >= 0.3 is 6.03 Å². The molecule has 10 heteroatoms. The van der Waals surface area contributed by atoms with Crippen LogP contribution in [0, 0.1) is 0 Å². The minimum atomic E-state index is -0.159. The molecule has 1 saturated heterocycles. The highest BCUT2D eigenvalue weighted by Crippen LogP contribution is 2.21. The van der Waals surface area contributed by atoms with Crippen LogP contribution >= 0.6 is 11.6 Å². The second kappa shape index (κ2) is 7.58. The average Bonchev–Trinajstić information content (AvgIpc) is 3.25. The van der Waals surface area contributed by atoms with Crippen molar-refractivity contribution in [3.63, 3.8) is 0 Å². The van der Waals surface area contributed by atoms with Crippen molar-refractivity contribution in [2.45, 2.75) is 0 Å². The number of para-hydroxylation sites is 1. The van der Waals surface area contributed by atoms with Crippen molar-refractivity contribution in [1.82, 2.24) is 29.6 Å². The predicted octanol–water partition coefficient (Wildman–Crippen LogP) is 2.06. The first-order chi connectivity index (χ1) is 13.2. The fourth-order valence-corrected chi connectivity index (χ4v) is 3.04. The lowest BCUT2D eigenvalue weighted by Crippen LogP contribution is -2.50. The molecule has 4 rings (SSSR count). The number of halogens is 1. The molecule has 2 amide bonds. The molecule has 1 aromatic carbocycles. The Morgan fingerprint density at radius 2 is 1.81 bits per heavy atom. The number of nitrogens with one attached hydrogen (secondary N) is 1. The Labute approximate surface area is 160 Å². The number of piperazine rings is 1. The standard InChI is InChI=1S/C17H17ClN8O/c18-13-3-1-2-4-14(13)23-17(27)25-7-5-24(6-8-25)15-9-16(21-11-20-15)26-12-19-10-22-26/h1-4,9-12H,5-8H2,(H,23,27). The van der Waals surface area contributed by atoms with Crippen LogP contribution in [-0.2, 0) is 0 Å². The summed E-state index contributed by atoms with van der Waals surface area (Å²) in [5.74, 6) is 1.44. The molecule has 1 aliphatic rings. The molecule has 0 spiro atoms. The van der Waals surface area contributed by atoms with Crippen molar-refractivity contribution in [3.05, 3.63) is 54.3 Å². The third-order valence-corrected chi connectivity index (χ3v) is 4.63. The van der Waals surface area contributed by atoms with Gasteiger partial charge in [0.25, 0.3) is 0 Å². The van der Waals surface area contributed by atoms with Crippen LogP contribution < -0.4 is 10.2 Å². The van der Waals surface area contributed by atoms with E-state index in [9.17, 15) is 4.79 Å². The van der Waals surface area contributed by atoms with Crippen LogP contribution in [0.2, 0.25) is 5.02 Å². The maximum atomic E-state index is 12.5. The minimum absolute atomic E-state index is 0.159. The molecule has 3 aromatic rings. The summed E-state index contributed by atoms with van der Waals surface area (Å²) in [6.45, 7) is 2.51. The first-order valence-corrected chi connectivity index (χ1v) is 8.81. The van der Waals surface area contributed by atoms with Gasteiger partial charge in [-0.1, -0.05) is 23.7 Å². The van der Waals surface area contributed by atoms with Gasteiger partial charge in [-0.15, -0.1) is 0 Å². The molecular formula is C17H17ClN8O. The maximum absolute atomic E-state index is 12.5. The lowest BCUT2D eigenvalue weighted by molar-refractivity contribution is 0.208. The molecule has 1 fully saturated rings. The lowest BCUT2D eigenvalue weighted by Gasteiger charge is -2.35. The summed E-state index contributed by atoms with van der Waals surface area (Å²) in [4.78, 5) is 28.8. The van der Waals surface area contributed by atoms with Crippen molar-refractivity contribution >= 4 is 29.1 Å². The summed E-state index contributed by atoms with van der Waals surface area (Å²) < 4.78 is 1.58. The van der Waals surface area contributed by atoms with Crippen LogP contribution in [0.25, 0.3) is 5.82 Å². The number of anilines is 2. The Morgan fingerprint density at radius 1 is 1.04 bits per heavy atom. The van der Waals surface area contributed by atoms with Crippen molar-refractivity contribution in [3.8, 4) is 5.82 Å². The van der Waals surface area contributed by atoms with E-state index < -0.39 is 0 Å². The molecule has 0 unspecified atom stereocenters. The molecule has 3 heterocycles. The zero-order valence-electron chi connectivity index (χ0n) is 14.4. The van der Waals surface area contributed by atoms with Crippen LogP contribution in [0.1, 0.15) is 0 Å². The molecular weight excluding hydrogens is 368 g/mol. The molecule has 1 N–H and O–H groups in total. The Hall–Kier alpha value is -3.20. The SMILES string of the molecule is O=C(Nc1ccccc1Cl)N1CCN(c2cc(-n3cncn3)ncn2)CC1. The van der Waals surface area contributed by atoms with Crippen molar-refractivity contribution < 1.29 is 4.79 Å². The smallest absolute Gasteiger partial charge is 0.322 e. The van der Waals surface area contributed by atoms with Gasteiger partial charge in [-0.05, 0) is 12.1 Å². The number of carbonyl (C=O) groups excluding carboxylic acids is 1. The van der Waals surface area contributed by atoms with Crippen LogP contribution in [0.4, 0.5) is 16.3 Å². The Bertz CT molecular complexity index is 924. The topological polar surface area (TPSA) is 92.1 Å². The van der Waals surface area contributed by atoms with Gasteiger partial charge in [0, 0.05) is 32.2 Å². The number of nitrogens with zero attached hydrogens (tertiary/aromatic N) is 7. The van der Waals surface area contributed by atoms with Gasteiger partial charge < -0.3 is 15.1 Å². The highest BCUT2D eigenvalue weighted by molar-refractivity contribution is 6.33. The van der Waals surface area contributed by atoms with E-state index in [1.807, 2.05) is 18.2 Å². The van der Waals surface area contributed by atoms with Crippen molar-refractivity contribution in [1.29, 1.82) is 0 Å². The van der Waals surface area contributed by atoms with Crippen LogP contribution in [0.15, 0.2) is 49.3 Å². The van der Waals surface area contributed by atoms with Gasteiger partial charge in [0.2, 0.25) is 0 Å². The minimum Gasteiger partial charge on any atom is -0.353 e. The van der Waals surface area contributed by atoms with E-state index >= 15 is 0 Å². The van der Waals surface area contributed by atoms with Crippen molar-refractivity contribution in [2.75, 3.05) is 36.4 Å². The number of carbonyl (C=O) groups is 1. The monoisotopic (exact) mass is 384 g/mol. The zero-order valence-corrected chi connectivity index (χ0v) is 15.1. The number of hydrogen-bond donors (Lipinski definition) is 1. The van der Waals surface area contributed by atoms with Crippen LogP contribution in [0.3, 0.4) is 0 Å². The van der Waals surface area contributed by atoms with E-state index in [4.69, 9.17) is 11.6 Å². The Morgan fingerprint density at radius 3 is 2.56 bits per heavy atom. The molecule has 2 aromatic heterocycles. The van der Waals surface area contributed by atoms with E-state index in [0.717, 1.165) is 5.82 Å². The van der Waals surface area contributed by atoms with Gasteiger partial charge in [0.15, 0.2) is 5.82 Å². The molecule has 0 atom stereocenters. The highest BCUT2D eigenvalue weighted by atomic mass is 35.5. The van der Waals surface area contributed by atoms with E-state index in [2.05, 4.69) is 30.3 Å². The average molecular weight is 385 g/mol. The number of hydrogen-bond acceptors (Lipinski definition) is 6. The number of aromatic nitrogens is 5. The van der Waals surface area contributed by atoms with E-state index in [1.54, 1.807) is 28.0 Å². The van der Waals surface area contributed by atoms with E-state index in [0.29, 0.717) is 42.7 Å². The van der Waals surface area contributed by atoms with Crippen molar-refractivity contribution in [2.24, 2.45) is 0 Å². The normalized spacial score (nSPS) is 14.3. The second-order valence-electron chi connectivity index (χ2n) is 5.96. The van der Waals surface area contributed by atoms with Gasteiger partial charge in [-0.2, -0.15) is 5.10 Å². The molecule has 27 heavy (non-hydrogen) atoms. The van der Waals surface area contributed by atoms with Crippen LogP contribution in [-0.4, -0.2) is 61.8 Å². The molecule has 0 aliphatic carbocycles. The molecule has 0 saturated carbocycles. The summed E-state index contributed by atoms with van der Waals surface area (Å²) in [6, 6.07) is 8.88. The predicted molar refractivity (Wildman–Crippen MR) is 101 cm³/mol. The number of benzene rings is 1. The second-order valence-corrected chi connectivity index (χ2v) is 6.37. The molecule has 0 bridgehead atoms. The van der Waals surface area contributed by atoms with E-state index in [1.165, 1.54) is 12.7 Å². The summed E-state index contributed by atoms with van der Waals surface area (Å²) in [5, 5.41) is 7.45. The van der Waals surface area contributed by atoms with Gasteiger partial charge in [0.05, 0.1) is 10.7 Å². The van der Waals surface area contributed by atoms with Gasteiger partial charge in [-0.25, -0.2) is 24.4 Å². The number of rotatable bonds is 3. The fourth-order valence-electron chi connectivity index (χ4n) is 2.86. The van der Waals surface area contributed by atoms with Crippen LogP contribution in [0.5, 0.6) is 0 Å². The van der Waals surface area contributed by atoms with E-state index in [-0.39, 0.29) is 6.03 Å². The summed E-state index contributed by atoms with van der Waals surface area (Å²) in [5.41, 5.74) is 0.611. The molecule has 1 aliphatic heterocycles. The quantitative estimate of drug-likeness (QED) is 0.743. The number of amides is 2. The fraction of sp³-hybridized carbons (Fsp3) is 0.235. The van der Waals surface area contributed by atoms with Gasteiger partial charge in [0.1, 0.15) is 24.8 Å². The number of urea groups is 1. The van der Waals surface area contributed by atoms with Gasteiger partial charge in [-0.3, -0.25) is 0 Å². The summed E-state index contributed by atoms with van der Waals surface area (Å²) >= 11 is 6.10. The Balaban J connectivity index is 1.38. The summed E-state index contributed by atoms with van der Waals surface area (Å²) in [6.07, 6.45) is 4.55. The summed E-state index contributed by atoms with van der Waals surface area (Å²) in [7, 11) is 0. The molecule has 0 radical (unpaired) electrons. The highest BCUT2D eigenvalue weighted by Gasteiger charge is 2.22. The lowest BCUT2D eigenvalue weighted by atomic mass is 10.3. The molecule has 138 valence electrons. The largest absolute Gasteiger partial charge is 0.353 e. The Kier molecular flexibility index (Phi) is 4.84.